The maximum atomic E-state index is 12.8. The van der Waals surface area contributed by atoms with Crippen molar-refractivity contribution in [2.75, 3.05) is 4.72 Å². The summed E-state index contributed by atoms with van der Waals surface area (Å²) in [5, 5.41) is 1.68. The Balaban J connectivity index is 1.74. The fraction of sp³-hybridized carbons (Fsp3) is 0.0526. The summed E-state index contributed by atoms with van der Waals surface area (Å²) in [5.74, 6) is -1.32. The minimum Gasteiger partial charge on any atom is -0.280 e. The van der Waals surface area contributed by atoms with Gasteiger partial charge in [-0.2, -0.15) is 13.2 Å². The normalized spacial score (nSPS) is 11.6. The predicted octanol–water partition coefficient (Wildman–Crippen LogP) is 3.64. The van der Waals surface area contributed by atoms with E-state index in [2.05, 4.69) is 15.6 Å². The molecule has 3 aromatic rings. The first-order chi connectivity index (χ1) is 14.6. The minimum absolute atomic E-state index is 0.0848. The number of sulfonamides is 1. The summed E-state index contributed by atoms with van der Waals surface area (Å²) >= 11 is 1.17. The number of nitrogens with one attached hydrogen (secondary N) is 3. The third-order valence-corrected chi connectivity index (χ3v) is 6.13. The Morgan fingerprint density at radius 2 is 1.58 bits per heavy atom. The highest BCUT2D eigenvalue weighted by atomic mass is 32.2. The monoisotopic (exact) mass is 469 g/mol. The van der Waals surface area contributed by atoms with Crippen LogP contribution in [-0.2, 0) is 16.2 Å². The van der Waals surface area contributed by atoms with Crippen LogP contribution >= 0.6 is 11.3 Å². The van der Waals surface area contributed by atoms with Gasteiger partial charge in [-0.15, -0.1) is 11.3 Å². The van der Waals surface area contributed by atoms with Crippen molar-refractivity contribution >= 4 is 38.9 Å². The van der Waals surface area contributed by atoms with Gasteiger partial charge in [0.2, 0.25) is 0 Å². The highest BCUT2D eigenvalue weighted by Gasteiger charge is 2.30. The Bertz CT molecular complexity index is 1210. The van der Waals surface area contributed by atoms with Gasteiger partial charge < -0.3 is 0 Å². The average molecular weight is 469 g/mol. The third kappa shape index (κ3) is 5.61. The second-order valence-corrected chi connectivity index (χ2v) is 8.73. The number of thiophene rings is 1. The zero-order valence-corrected chi connectivity index (χ0v) is 17.1. The van der Waals surface area contributed by atoms with Crippen LogP contribution in [0, 0.1) is 0 Å². The van der Waals surface area contributed by atoms with Gasteiger partial charge in [0.15, 0.2) is 0 Å². The van der Waals surface area contributed by atoms with E-state index >= 15 is 0 Å². The minimum atomic E-state index is -4.63. The molecule has 0 bridgehead atoms. The molecule has 2 aromatic carbocycles. The molecule has 0 fully saturated rings. The number of rotatable bonds is 5. The van der Waals surface area contributed by atoms with Gasteiger partial charge in [-0.3, -0.25) is 25.2 Å². The predicted molar refractivity (Wildman–Crippen MR) is 108 cm³/mol. The Morgan fingerprint density at radius 3 is 2.26 bits per heavy atom. The molecule has 0 spiro atoms. The summed E-state index contributed by atoms with van der Waals surface area (Å²) in [6.07, 6.45) is -4.63. The number of carbonyl (C=O) groups excluding carboxylic acids is 2. The molecular weight excluding hydrogens is 455 g/mol. The van der Waals surface area contributed by atoms with Crippen LogP contribution in [-0.4, -0.2) is 20.2 Å². The van der Waals surface area contributed by atoms with Crippen LogP contribution in [0.4, 0.5) is 18.9 Å². The van der Waals surface area contributed by atoms with Crippen molar-refractivity contribution in [3.05, 3.63) is 82.0 Å². The Labute approximate surface area is 178 Å². The van der Waals surface area contributed by atoms with Crippen molar-refractivity contribution < 1.29 is 31.2 Å². The second-order valence-electron chi connectivity index (χ2n) is 6.10. The van der Waals surface area contributed by atoms with Gasteiger partial charge in [0, 0.05) is 11.3 Å². The van der Waals surface area contributed by atoms with Gasteiger partial charge in [0.25, 0.3) is 21.8 Å². The van der Waals surface area contributed by atoms with Crippen LogP contribution in [0.2, 0.25) is 0 Å². The van der Waals surface area contributed by atoms with Crippen molar-refractivity contribution in [2.24, 2.45) is 0 Å². The summed E-state index contributed by atoms with van der Waals surface area (Å²) in [4.78, 5) is 24.1. The fourth-order valence-corrected chi connectivity index (χ4v) is 4.15. The second kappa shape index (κ2) is 8.78. The molecule has 0 atom stereocenters. The number of anilines is 1. The molecule has 7 nitrogen and oxygen atoms in total. The number of benzene rings is 2. The zero-order chi connectivity index (χ0) is 22.6. The largest absolute Gasteiger partial charge is 0.416 e. The summed E-state index contributed by atoms with van der Waals surface area (Å²) < 4.78 is 65.7. The highest BCUT2D eigenvalue weighted by Crippen LogP contribution is 2.31. The molecule has 3 rings (SSSR count). The zero-order valence-electron chi connectivity index (χ0n) is 15.4. The maximum absolute atomic E-state index is 12.8. The van der Waals surface area contributed by atoms with Crippen LogP contribution < -0.4 is 15.6 Å². The molecule has 3 N–H and O–H groups in total. The first kappa shape index (κ1) is 22.3. The number of hydrogen-bond donors (Lipinski definition) is 3. The van der Waals surface area contributed by atoms with E-state index in [4.69, 9.17) is 0 Å². The van der Waals surface area contributed by atoms with E-state index in [0.29, 0.717) is 10.9 Å². The molecule has 31 heavy (non-hydrogen) atoms. The molecule has 0 aliphatic heterocycles. The van der Waals surface area contributed by atoms with Gasteiger partial charge in [0.1, 0.15) is 0 Å². The molecule has 1 aromatic heterocycles. The lowest BCUT2D eigenvalue weighted by molar-refractivity contribution is -0.137. The van der Waals surface area contributed by atoms with Gasteiger partial charge in [-0.25, -0.2) is 8.42 Å². The number of alkyl halides is 3. The van der Waals surface area contributed by atoms with Gasteiger partial charge >= 0.3 is 6.18 Å². The van der Waals surface area contributed by atoms with E-state index in [0.717, 1.165) is 18.2 Å². The molecule has 0 aliphatic carbocycles. The highest BCUT2D eigenvalue weighted by molar-refractivity contribution is 7.92. The van der Waals surface area contributed by atoms with E-state index in [9.17, 15) is 31.2 Å². The van der Waals surface area contributed by atoms with Crippen LogP contribution in [0.3, 0.4) is 0 Å². The molecule has 1 heterocycles. The van der Waals surface area contributed by atoms with Crippen molar-refractivity contribution in [1.82, 2.24) is 10.9 Å². The first-order valence-electron chi connectivity index (χ1n) is 8.50. The molecule has 12 heteroatoms. The van der Waals surface area contributed by atoms with E-state index in [-0.39, 0.29) is 16.1 Å². The van der Waals surface area contributed by atoms with Gasteiger partial charge in [0.05, 0.1) is 15.3 Å². The van der Waals surface area contributed by atoms with Crippen LogP contribution in [0.1, 0.15) is 25.6 Å². The quantitative estimate of drug-likeness (QED) is 0.496. The number of halogens is 3. The third-order valence-electron chi connectivity index (χ3n) is 3.88. The Morgan fingerprint density at radius 1 is 0.871 bits per heavy atom. The van der Waals surface area contributed by atoms with Crippen molar-refractivity contribution in [3.8, 4) is 0 Å². The SMILES string of the molecule is O=C(NNC(=O)c1cccs1)c1cccc(S(=O)(=O)Nc2cccc(C(F)(F)F)c2)c1. The lowest BCUT2D eigenvalue weighted by Crippen LogP contribution is -2.41. The first-order valence-corrected chi connectivity index (χ1v) is 10.9. The van der Waals surface area contributed by atoms with E-state index in [1.54, 1.807) is 17.5 Å². The lowest BCUT2D eigenvalue weighted by Gasteiger charge is -2.12. The van der Waals surface area contributed by atoms with Crippen LogP contribution in [0.5, 0.6) is 0 Å². The summed E-state index contributed by atoms with van der Waals surface area (Å²) in [6, 6.07) is 11.7. The molecule has 0 aliphatic rings. The van der Waals surface area contributed by atoms with E-state index < -0.39 is 33.6 Å². The van der Waals surface area contributed by atoms with Gasteiger partial charge in [-0.05, 0) is 47.8 Å². The van der Waals surface area contributed by atoms with Crippen LogP contribution in [0.15, 0.2) is 70.9 Å². The number of amides is 2. The van der Waals surface area contributed by atoms with Crippen molar-refractivity contribution in [3.63, 3.8) is 0 Å². The topological polar surface area (TPSA) is 104 Å². The van der Waals surface area contributed by atoms with E-state index in [1.807, 2.05) is 0 Å². The van der Waals surface area contributed by atoms with Crippen molar-refractivity contribution in [2.45, 2.75) is 11.1 Å². The molecule has 2 amide bonds. The van der Waals surface area contributed by atoms with E-state index in [1.165, 1.54) is 35.6 Å². The fourth-order valence-electron chi connectivity index (χ4n) is 2.43. The number of hydrogen-bond acceptors (Lipinski definition) is 5. The molecular formula is C19H14F3N3O4S2. The number of carbonyl (C=O) groups is 2. The van der Waals surface area contributed by atoms with Crippen LogP contribution in [0.25, 0.3) is 0 Å². The smallest absolute Gasteiger partial charge is 0.280 e. The Kier molecular flexibility index (Phi) is 6.32. The molecule has 0 radical (unpaired) electrons. The maximum Gasteiger partial charge on any atom is 0.416 e. The van der Waals surface area contributed by atoms with Crippen molar-refractivity contribution in [1.29, 1.82) is 0 Å². The standard InChI is InChI=1S/C19H14F3N3O4S2/c20-19(21,22)13-5-2-6-14(11-13)25-31(28,29)15-7-1-4-12(10-15)17(26)23-24-18(27)16-8-3-9-30-16/h1-11,25H,(H,23,26)(H,24,27). The summed E-state index contributed by atoms with van der Waals surface area (Å²) in [6.45, 7) is 0. The number of hydrazine groups is 1. The molecule has 0 saturated carbocycles. The van der Waals surface area contributed by atoms with Gasteiger partial charge in [-0.1, -0.05) is 18.2 Å². The Hall–Kier alpha value is -3.38. The lowest BCUT2D eigenvalue weighted by atomic mass is 10.2. The molecule has 162 valence electrons. The average Bonchev–Trinajstić information content (AvgIpc) is 3.26. The molecule has 0 saturated heterocycles. The summed E-state index contributed by atoms with van der Waals surface area (Å²) in [7, 11) is -4.28. The summed E-state index contributed by atoms with van der Waals surface area (Å²) in [5.41, 5.74) is 2.99. The molecule has 0 unspecified atom stereocenters.